The number of nitrogens with zero attached hydrogens (tertiary/aromatic N) is 2. The average Bonchev–Trinajstić information content (AvgIpc) is 2.91. The minimum Gasteiger partial charge on any atom is -0.465 e. The molecule has 2 atom stereocenters. The van der Waals surface area contributed by atoms with Crippen molar-refractivity contribution in [3.63, 3.8) is 0 Å². The molecule has 0 amide bonds. The minimum atomic E-state index is -0.0134. The summed E-state index contributed by atoms with van der Waals surface area (Å²) < 4.78 is 9.62. The van der Waals surface area contributed by atoms with Crippen molar-refractivity contribution in [2.45, 2.75) is 46.1 Å². The summed E-state index contributed by atoms with van der Waals surface area (Å²) >= 11 is 0. The van der Waals surface area contributed by atoms with E-state index in [1.54, 1.807) is 0 Å². The second-order valence-corrected chi connectivity index (χ2v) is 5.55. The van der Waals surface area contributed by atoms with E-state index in [4.69, 9.17) is 4.74 Å². The summed E-state index contributed by atoms with van der Waals surface area (Å²) in [5.74, 6) is 0.408. The van der Waals surface area contributed by atoms with E-state index in [0.29, 0.717) is 12.5 Å². The molecule has 0 saturated carbocycles. The maximum atomic E-state index is 11.6. The van der Waals surface area contributed by atoms with Gasteiger partial charge in [-0.15, -0.1) is 0 Å². The lowest BCUT2D eigenvalue weighted by Crippen LogP contribution is -2.30. The van der Waals surface area contributed by atoms with Crippen LogP contribution in [0.3, 0.4) is 0 Å². The molecule has 19 heavy (non-hydrogen) atoms. The van der Waals surface area contributed by atoms with Gasteiger partial charge in [0.1, 0.15) is 11.9 Å². The lowest BCUT2D eigenvalue weighted by atomic mass is 9.89. The highest BCUT2D eigenvalue weighted by Crippen LogP contribution is 2.27. The summed E-state index contributed by atoms with van der Waals surface area (Å²) in [7, 11) is 2.08. The van der Waals surface area contributed by atoms with Crippen LogP contribution in [0.4, 0.5) is 0 Å². The molecule has 4 heteroatoms. The molecule has 2 rings (SSSR count). The van der Waals surface area contributed by atoms with E-state index in [2.05, 4.69) is 42.6 Å². The van der Waals surface area contributed by atoms with E-state index >= 15 is 0 Å². The van der Waals surface area contributed by atoms with E-state index in [1.807, 2.05) is 0 Å². The first-order valence-electron chi connectivity index (χ1n) is 7.36. The largest absolute Gasteiger partial charge is 0.465 e. The normalized spacial score (nSPS) is 22.8. The molecule has 1 aromatic heterocycles. The van der Waals surface area contributed by atoms with E-state index < -0.39 is 0 Å². The number of esters is 1. The molecule has 4 nitrogen and oxygen atoms in total. The third-order valence-electron chi connectivity index (χ3n) is 4.08. The molecule has 0 spiro atoms. The Morgan fingerprint density at radius 3 is 2.95 bits per heavy atom. The highest BCUT2D eigenvalue weighted by atomic mass is 16.5. The van der Waals surface area contributed by atoms with Crippen LogP contribution in [0.1, 0.15) is 38.8 Å². The molecule has 0 unspecified atom stereocenters. The summed E-state index contributed by atoms with van der Waals surface area (Å²) in [6, 6.07) is 0. The molecule has 1 aromatic rings. The fraction of sp³-hybridized carbons (Fsp3) is 0.733. The highest BCUT2D eigenvalue weighted by molar-refractivity contribution is 5.74. The van der Waals surface area contributed by atoms with Crippen molar-refractivity contribution in [3.05, 3.63) is 18.2 Å². The van der Waals surface area contributed by atoms with Crippen molar-refractivity contribution in [2.75, 3.05) is 6.61 Å². The van der Waals surface area contributed by atoms with Crippen molar-refractivity contribution in [1.82, 2.24) is 4.57 Å². The fourth-order valence-electron chi connectivity index (χ4n) is 2.85. The second-order valence-electron chi connectivity index (χ2n) is 5.55. The van der Waals surface area contributed by atoms with E-state index in [0.717, 1.165) is 19.4 Å². The van der Waals surface area contributed by atoms with Crippen LogP contribution < -0.4 is 4.57 Å². The van der Waals surface area contributed by atoms with Crippen molar-refractivity contribution in [2.24, 2.45) is 18.9 Å². The first-order valence-corrected chi connectivity index (χ1v) is 7.36. The van der Waals surface area contributed by atoms with Gasteiger partial charge in [-0.2, -0.15) is 0 Å². The van der Waals surface area contributed by atoms with Crippen LogP contribution in [0.25, 0.3) is 0 Å². The number of rotatable bonds is 6. The Morgan fingerprint density at radius 2 is 2.26 bits per heavy atom. The summed E-state index contributed by atoms with van der Waals surface area (Å²) in [6.45, 7) is 5.92. The van der Waals surface area contributed by atoms with E-state index in [-0.39, 0.29) is 11.9 Å². The SMILES string of the molecule is CCCC[n+]1cc(C[C@H]2COC(=O)[C@H]2CC)n(C)c1. The zero-order valence-electron chi connectivity index (χ0n) is 12.3. The van der Waals surface area contributed by atoms with Crippen LogP contribution in [0.2, 0.25) is 0 Å². The van der Waals surface area contributed by atoms with Crippen LogP contribution in [-0.2, 0) is 29.5 Å². The van der Waals surface area contributed by atoms with Gasteiger partial charge in [-0.1, -0.05) is 20.3 Å². The maximum absolute atomic E-state index is 11.6. The summed E-state index contributed by atoms with van der Waals surface area (Å²) in [6.07, 6.45) is 8.58. The molecular formula is C15H25N2O2+. The first-order chi connectivity index (χ1) is 9.15. The van der Waals surface area contributed by atoms with Crippen LogP contribution in [0.15, 0.2) is 12.5 Å². The molecule has 0 aromatic carbocycles. The third-order valence-corrected chi connectivity index (χ3v) is 4.08. The Labute approximate surface area is 115 Å². The van der Waals surface area contributed by atoms with Gasteiger partial charge in [0.05, 0.1) is 26.1 Å². The van der Waals surface area contributed by atoms with E-state index in [1.165, 1.54) is 18.5 Å². The third kappa shape index (κ3) is 3.17. The molecule has 0 radical (unpaired) electrons. The highest BCUT2D eigenvalue weighted by Gasteiger charge is 2.36. The number of carbonyl (C=O) groups excluding carboxylic acids is 1. The summed E-state index contributed by atoms with van der Waals surface area (Å²) in [5, 5.41) is 0. The topological polar surface area (TPSA) is 35.1 Å². The predicted molar refractivity (Wildman–Crippen MR) is 72.5 cm³/mol. The lowest BCUT2D eigenvalue weighted by Gasteiger charge is -2.10. The van der Waals surface area contributed by atoms with Crippen LogP contribution in [0, 0.1) is 11.8 Å². The Morgan fingerprint density at radius 1 is 1.47 bits per heavy atom. The number of aryl methyl sites for hydroxylation is 2. The maximum Gasteiger partial charge on any atom is 0.309 e. The van der Waals surface area contributed by atoms with Gasteiger partial charge in [0.15, 0.2) is 0 Å². The molecule has 0 N–H and O–H groups in total. The number of cyclic esters (lactones) is 1. The Hall–Kier alpha value is -1.32. The molecule has 2 heterocycles. The molecule has 1 aliphatic heterocycles. The van der Waals surface area contributed by atoms with Gasteiger partial charge in [-0.25, -0.2) is 9.13 Å². The number of unbranched alkanes of at least 4 members (excludes halogenated alkanes) is 1. The van der Waals surface area contributed by atoms with Crippen molar-refractivity contribution >= 4 is 5.97 Å². The second kappa shape index (κ2) is 6.22. The number of carbonyl (C=O) groups is 1. The first kappa shape index (κ1) is 14.1. The fourth-order valence-corrected chi connectivity index (χ4v) is 2.85. The zero-order valence-corrected chi connectivity index (χ0v) is 12.3. The van der Waals surface area contributed by atoms with Crippen molar-refractivity contribution in [1.29, 1.82) is 0 Å². The predicted octanol–water partition coefficient (Wildman–Crippen LogP) is 1.85. The minimum absolute atomic E-state index is 0.0134. The molecule has 1 saturated heterocycles. The standard InChI is InChI=1S/C15H25N2O2/c1-4-6-7-17-9-13(16(3)11-17)8-12-10-19-15(18)14(12)5-2/h9,11-12,14H,4-8,10H2,1-3H3/q+1/t12-,14-/m0/s1. The van der Waals surface area contributed by atoms with Crippen molar-refractivity contribution < 1.29 is 14.1 Å². The number of hydrogen-bond acceptors (Lipinski definition) is 2. The average molecular weight is 265 g/mol. The molecule has 0 bridgehead atoms. The van der Waals surface area contributed by atoms with Crippen molar-refractivity contribution in [3.8, 4) is 0 Å². The Balaban J connectivity index is 2.02. The molecule has 1 aliphatic rings. The quantitative estimate of drug-likeness (QED) is 0.581. The van der Waals surface area contributed by atoms with Gasteiger partial charge in [0, 0.05) is 12.3 Å². The van der Waals surface area contributed by atoms with Gasteiger partial charge in [0.2, 0.25) is 6.33 Å². The van der Waals surface area contributed by atoms with Crippen LogP contribution >= 0.6 is 0 Å². The Bertz CT molecular complexity index is 439. The number of aromatic nitrogens is 2. The molecule has 0 aliphatic carbocycles. The van der Waals surface area contributed by atoms with Gasteiger partial charge in [-0.3, -0.25) is 4.79 Å². The van der Waals surface area contributed by atoms with Gasteiger partial charge in [-0.05, 0) is 12.8 Å². The number of ether oxygens (including phenoxy) is 1. The molecular weight excluding hydrogens is 240 g/mol. The molecule has 106 valence electrons. The number of imidazole rings is 1. The van der Waals surface area contributed by atoms with Gasteiger partial charge in [0.25, 0.3) is 0 Å². The molecule has 1 fully saturated rings. The summed E-state index contributed by atoms with van der Waals surface area (Å²) in [5.41, 5.74) is 1.29. The lowest BCUT2D eigenvalue weighted by molar-refractivity contribution is -0.697. The number of hydrogen-bond donors (Lipinski definition) is 0. The van der Waals surface area contributed by atoms with Crippen LogP contribution in [-0.4, -0.2) is 17.1 Å². The van der Waals surface area contributed by atoms with Gasteiger partial charge >= 0.3 is 5.97 Å². The Kier molecular flexibility index (Phi) is 4.61. The monoisotopic (exact) mass is 265 g/mol. The van der Waals surface area contributed by atoms with E-state index in [9.17, 15) is 4.79 Å². The smallest absolute Gasteiger partial charge is 0.309 e. The van der Waals surface area contributed by atoms with Crippen LogP contribution in [0.5, 0.6) is 0 Å². The zero-order chi connectivity index (χ0) is 13.8. The summed E-state index contributed by atoms with van der Waals surface area (Å²) in [4.78, 5) is 11.6. The van der Waals surface area contributed by atoms with Gasteiger partial charge < -0.3 is 4.74 Å².